The van der Waals surface area contributed by atoms with Crippen LogP contribution in [0.1, 0.15) is 29.9 Å². The van der Waals surface area contributed by atoms with Crippen molar-refractivity contribution in [1.29, 1.82) is 0 Å². The average molecular weight is 539 g/mol. The first-order valence-electron chi connectivity index (χ1n) is 14.7. The van der Waals surface area contributed by atoms with Gasteiger partial charge < -0.3 is 4.90 Å². The Morgan fingerprint density at radius 3 is 2.07 bits per heavy atom. The Morgan fingerprint density at radius 2 is 1.29 bits per heavy atom. The number of hydrogen-bond donors (Lipinski definition) is 0. The molecule has 1 atom stereocenters. The van der Waals surface area contributed by atoms with Crippen molar-refractivity contribution in [3.8, 4) is 22.3 Å². The Hall–Kier alpha value is -5.21. The Balaban J connectivity index is 1.14. The van der Waals surface area contributed by atoms with Crippen molar-refractivity contribution in [2.45, 2.75) is 18.8 Å². The first-order chi connectivity index (χ1) is 20.8. The number of nitrogens with zero attached hydrogens (tertiary/aromatic N) is 2. The van der Waals surface area contributed by atoms with E-state index in [1.807, 2.05) is 12.4 Å². The molecule has 200 valence electrons. The summed E-state index contributed by atoms with van der Waals surface area (Å²) < 4.78 is 0. The molecule has 1 heterocycles. The van der Waals surface area contributed by atoms with Crippen molar-refractivity contribution >= 4 is 22.0 Å². The van der Waals surface area contributed by atoms with Gasteiger partial charge in [-0.05, 0) is 86.9 Å². The molecular weight excluding hydrogens is 508 g/mol. The van der Waals surface area contributed by atoms with Crippen LogP contribution in [0.5, 0.6) is 0 Å². The number of hydrogen-bond acceptors (Lipinski definition) is 2. The normalized spacial score (nSPS) is 16.9. The van der Waals surface area contributed by atoms with Crippen molar-refractivity contribution in [2.75, 3.05) is 4.90 Å². The van der Waals surface area contributed by atoms with E-state index in [9.17, 15) is 0 Å². The van der Waals surface area contributed by atoms with Crippen molar-refractivity contribution < 1.29 is 0 Å². The molecule has 0 radical (unpaired) electrons. The van der Waals surface area contributed by atoms with Gasteiger partial charge in [-0.3, -0.25) is 4.98 Å². The molecule has 2 heteroatoms. The average Bonchev–Trinajstić information content (AvgIpc) is 3.20. The summed E-state index contributed by atoms with van der Waals surface area (Å²) in [4.78, 5) is 6.65. The standard InChI is InChI=1S/C40H30N2/c1-2-8-28(9-3-1)29-16-19-32(20-17-29)42(33-24-26-41-27-25-33)31-11-6-10-30(18-21-31)34-22-23-39-36-13-5-4-12-35(36)38-15-7-14-37(34)40(38)39/h1-5,7-16,18-27,29H,6,17H2. The minimum absolute atomic E-state index is 0.399. The predicted octanol–water partition coefficient (Wildman–Crippen LogP) is 10.2. The van der Waals surface area contributed by atoms with Gasteiger partial charge >= 0.3 is 0 Å². The molecule has 0 N–H and O–H groups in total. The summed E-state index contributed by atoms with van der Waals surface area (Å²) in [5.74, 6) is 0.399. The quantitative estimate of drug-likeness (QED) is 0.217. The third kappa shape index (κ3) is 4.15. The van der Waals surface area contributed by atoms with E-state index >= 15 is 0 Å². The lowest BCUT2D eigenvalue weighted by atomic mass is 9.91. The highest BCUT2D eigenvalue weighted by Gasteiger charge is 2.23. The van der Waals surface area contributed by atoms with Crippen LogP contribution in [0, 0.1) is 0 Å². The summed E-state index contributed by atoms with van der Waals surface area (Å²) in [6.45, 7) is 0. The SMILES string of the molecule is C1=CC(N(C2=CCC(c3ccccc3)C=C2)c2ccncc2)=CCC=C1c1ccc2c3c(cccc13)-c1ccccc1-2. The maximum atomic E-state index is 4.29. The van der Waals surface area contributed by atoms with Crippen LogP contribution in [0.3, 0.4) is 0 Å². The minimum Gasteiger partial charge on any atom is -0.311 e. The van der Waals surface area contributed by atoms with Gasteiger partial charge in [-0.2, -0.15) is 0 Å². The molecule has 0 saturated heterocycles. The van der Waals surface area contributed by atoms with Crippen LogP contribution in [-0.4, -0.2) is 4.98 Å². The van der Waals surface area contributed by atoms with E-state index in [2.05, 4.69) is 149 Å². The molecular formula is C40H30N2. The van der Waals surface area contributed by atoms with Gasteiger partial charge in [-0.15, -0.1) is 0 Å². The number of fused-ring (bicyclic) bond motifs is 3. The van der Waals surface area contributed by atoms with Crippen LogP contribution in [0.4, 0.5) is 5.69 Å². The van der Waals surface area contributed by atoms with E-state index in [0.29, 0.717) is 5.92 Å². The van der Waals surface area contributed by atoms with E-state index < -0.39 is 0 Å². The van der Waals surface area contributed by atoms with Crippen molar-refractivity contribution in [3.05, 3.63) is 175 Å². The molecule has 0 amide bonds. The van der Waals surface area contributed by atoms with Gasteiger partial charge in [-0.25, -0.2) is 0 Å². The van der Waals surface area contributed by atoms with Gasteiger partial charge in [0.15, 0.2) is 0 Å². The number of pyridine rings is 1. The van der Waals surface area contributed by atoms with Crippen molar-refractivity contribution in [3.63, 3.8) is 0 Å². The molecule has 0 spiro atoms. The first-order valence-corrected chi connectivity index (χ1v) is 14.7. The van der Waals surface area contributed by atoms with Crippen LogP contribution in [0.25, 0.3) is 38.6 Å². The predicted molar refractivity (Wildman–Crippen MR) is 176 cm³/mol. The summed E-state index contributed by atoms with van der Waals surface area (Å²) in [5.41, 5.74) is 12.7. The lowest BCUT2D eigenvalue weighted by molar-refractivity contribution is 0.837. The van der Waals surface area contributed by atoms with Crippen LogP contribution >= 0.6 is 0 Å². The van der Waals surface area contributed by atoms with Crippen molar-refractivity contribution in [2.24, 2.45) is 0 Å². The monoisotopic (exact) mass is 538 g/mol. The molecule has 0 fully saturated rings. The van der Waals surface area contributed by atoms with Crippen molar-refractivity contribution in [1.82, 2.24) is 4.98 Å². The van der Waals surface area contributed by atoms with E-state index in [4.69, 9.17) is 0 Å². The Labute approximate surface area is 247 Å². The number of rotatable bonds is 5. The van der Waals surface area contributed by atoms with Gasteiger partial charge in [0.05, 0.1) is 0 Å². The molecule has 3 aliphatic rings. The van der Waals surface area contributed by atoms with Gasteiger partial charge in [0.2, 0.25) is 0 Å². The molecule has 4 aromatic carbocycles. The topological polar surface area (TPSA) is 16.1 Å². The highest BCUT2D eigenvalue weighted by atomic mass is 15.2. The maximum absolute atomic E-state index is 4.29. The maximum Gasteiger partial charge on any atom is 0.0491 e. The minimum atomic E-state index is 0.399. The highest BCUT2D eigenvalue weighted by Crippen LogP contribution is 2.48. The van der Waals surface area contributed by atoms with E-state index in [-0.39, 0.29) is 0 Å². The molecule has 3 aliphatic carbocycles. The summed E-state index contributed by atoms with van der Waals surface area (Å²) in [6.07, 6.45) is 21.8. The lowest BCUT2D eigenvalue weighted by Gasteiger charge is -2.29. The smallest absolute Gasteiger partial charge is 0.0491 e. The fraction of sp³-hybridized carbons (Fsp3) is 0.0750. The Bertz CT molecular complexity index is 1940. The zero-order chi connectivity index (χ0) is 27.9. The fourth-order valence-corrected chi connectivity index (χ4v) is 6.71. The summed E-state index contributed by atoms with van der Waals surface area (Å²) >= 11 is 0. The third-order valence-corrected chi connectivity index (χ3v) is 8.70. The molecule has 8 rings (SSSR count). The molecule has 42 heavy (non-hydrogen) atoms. The molecule has 5 aromatic rings. The highest BCUT2D eigenvalue weighted by molar-refractivity contribution is 6.17. The fourth-order valence-electron chi connectivity index (χ4n) is 6.71. The second-order valence-corrected chi connectivity index (χ2v) is 11.1. The molecule has 2 nitrogen and oxygen atoms in total. The lowest BCUT2D eigenvalue weighted by Crippen LogP contribution is -2.21. The van der Waals surface area contributed by atoms with Gasteiger partial charge in [0.25, 0.3) is 0 Å². The zero-order valence-corrected chi connectivity index (χ0v) is 23.3. The van der Waals surface area contributed by atoms with E-state index in [0.717, 1.165) is 18.5 Å². The van der Waals surface area contributed by atoms with Gasteiger partial charge in [0, 0.05) is 35.4 Å². The molecule has 0 aliphatic heterocycles. The molecule has 1 unspecified atom stereocenters. The van der Waals surface area contributed by atoms with Crippen LogP contribution in [-0.2, 0) is 0 Å². The van der Waals surface area contributed by atoms with Gasteiger partial charge in [-0.1, -0.05) is 115 Å². The van der Waals surface area contributed by atoms with Gasteiger partial charge in [0.1, 0.15) is 0 Å². The van der Waals surface area contributed by atoms with Crippen LogP contribution in [0.15, 0.2) is 163 Å². The largest absolute Gasteiger partial charge is 0.311 e. The number of aromatic nitrogens is 1. The Morgan fingerprint density at radius 1 is 0.571 bits per heavy atom. The zero-order valence-electron chi connectivity index (χ0n) is 23.3. The summed E-state index contributed by atoms with van der Waals surface area (Å²) in [7, 11) is 0. The molecule has 0 bridgehead atoms. The second-order valence-electron chi connectivity index (χ2n) is 11.1. The summed E-state index contributed by atoms with van der Waals surface area (Å²) in [6, 6.07) is 35.1. The molecule has 1 aromatic heterocycles. The van der Waals surface area contributed by atoms with E-state index in [1.165, 1.54) is 61.1 Å². The van der Waals surface area contributed by atoms with E-state index in [1.54, 1.807) is 0 Å². The Kier molecular flexibility index (Phi) is 6.04. The summed E-state index contributed by atoms with van der Waals surface area (Å²) in [5, 5.41) is 2.68. The van der Waals surface area contributed by atoms with Crippen LogP contribution in [0.2, 0.25) is 0 Å². The number of benzene rings is 4. The third-order valence-electron chi connectivity index (χ3n) is 8.70. The number of allylic oxidation sites excluding steroid dienone is 8. The van der Waals surface area contributed by atoms with Crippen LogP contribution < -0.4 is 4.90 Å². The second kappa shape index (κ2) is 10.3. The first kappa shape index (κ1) is 24.6. The number of anilines is 1. The molecule has 0 saturated carbocycles.